The predicted octanol–water partition coefficient (Wildman–Crippen LogP) is 2.02. The van der Waals surface area contributed by atoms with Crippen LogP contribution in [0.3, 0.4) is 0 Å². The first-order valence-electron chi connectivity index (χ1n) is 3.48. The Morgan fingerprint density at radius 3 is 2.08 bits per heavy atom. The van der Waals surface area contributed by atoms with Gasteiger partial charge in [-0.2, -0.15) is 0 Å². The molecule has 1 aromatic carbocycles. The van der Waals surface area contributed by atoms with Gasteiger partial charge in [0.2, 0.25) is 0 Å². The van der Waals surface area contributed by atoms with Crippen molar-refractivity contribution in [3.8, 4) is 0 Å². The molecular formula is C10H15NO. The molecule has 0 atom stereocenters. The van der Waals surface area contributed by atoms with Crippen LogP contribution in [0.4, 0.5) is 0 Å². The zero-order chi connectivity index (χ0) is 8.27. The van der Waals surface area contributed by atoms with Crippen molar-refractivity contribution in [2.24, 2.45) is 0 Å². The molecule has 0 aromatic heterocycles. The zero-order valence-electron chi connectivity index (χ0n) is 6.74. The SMILES string of the molecule is C.CN(C)C(=O)c1ccccc1. The Kier molecular flexibility index (Phi) is 4.05. The zero-order valence-corrected chi connectivity index (χ0v) is 6.74. The third kappa shape index (κ3) is 2.38. The largest absolute Gasteiger partial charge is 0.345 e. The van der Waals surface area contributed by atoms with Crippen molar-refractivity contribution in [1.29, 1.82) is 0 Å². The molecule has 0 bridgehead atoms. The smallest absolute Gasteiger partial charge is 0.253 e. The van der Waals surface area contributed by atoms with Crippen molar-refractivity contribution in [3.05, 3.63) is 35.9 Å². The van der Waals surface area contributed by atoms with Crippen molar-refractivity contribution in [1.82, 2.24) is 4.90 Å². The molecule has 1 amide bonds. The normalized spacial score (nSPS) is 8.50. The molecule has 0 spiro atoms. The van der Waals surface area contributed by atoms with Gasteiger partial charge < -0.3 is 4.90 Å². The quantitative estimate of drug-likeness (QED) is 0.623. The summed E-state index contributed by atoms with van der Waals surface area (Å²) in [6.07, 6.45) is 0. The summed E-state index contributed by atoms with van der Waals surface area (Å²) >= 11 is 0. The van der Waals surface area contributed by atoms with Crippen LogP contribution >= 0.6 is 0 Å². The minimum atomic E-state index is 0. The van der Waals surface area contributed by atoms with E-state index < -0.39 is 0 Å². The van der Waals surface area contributed by atoms with E-state index in [0.717, 1.165) is 5.56 Å². The van der Waals surface area contributed by atoms with Crippen molar-refractivity contribution >= 4 is 5.91 Å². The Morgan fingerprint density at radius 2 is 1.67 bits per heavy atom. The second-order valence-corrected chi connectivity index (χ2v) is 2.57. The summed E-state index contributed by atoms with van der Waals surface area (Å²) in [5.74, 6) is 0.0469. The molecular weight excluding hydrogens is 150 g/mol. The molecule has 12 heavy (non-hydrogen) atoms. The maximum atomic E-state index is 11.3. The molecule has 0 aliphatic carbocycles. The molecule has 0 unspecified atom stereocenters. The Labute approximate surface area is 73.8 Å². The van der Waals surface area contributed by atoms with E-state index in [0.29, 0.717) is 0 Å². The number of amides is 1. The van der Waals surface area contributed by atoms with Gasteiger partial charge in [-0.3, -0.25) is 4.79 Å². The second-order valence-electron chi connectivity index (χ2n) is 2.57. The third-order valence-corrected chi connectivity index (χ3v) is 1.43. The average molecular weight is 165 g/mol. The number of hydrogen-bond acceptors (Lipinski definition) is 1. The van der Waals surface area contributed by atoms with Gasteiger partial charge in [-0.25, -0.2) is 0 Å². The van der Waals surface area contributed by atoms with E-state index >= 15 is 0 Å². The van der Waals surface area contributed by atoms with Crippen LogP contribution in [-0.4, -0.2) is 24.9 Å². The second kappa shape index (κ2) is 4.54. The first-order valence-corrected chi connectivity index (χ1v) is 3.48. The fourth-order valence-electron chi connectivity index (χ4n) is 0.839. The average Bonchev–Trinajstić information content (AvgIpc) is 2.05. The molecule has 0 heterocycles. The lowest BCUT2D eigenvalue weighted by atomic mass is 10.2. The van der Waals surface area contributed by atoms with E-state index in [1.165, 1.54) is 0 Å². The highest BCUT2D eigenvalue weighted by Crippen LogP contribution is 2.00. The number of hydrogen-bond donors (Lipinski definition) is 0. The lowest BCUT2D eigenvalue weighted by Crippen LogP contribution is -2.21. The summed E-state index contributed by atoms with van der Waals surface area (Å²) in [6, 6.07) is 9.23. The molecule has 66 valence electrons. The predicted molar refractivity (Wildman–Crippen MR) is 51.2 cm³/mol. The molecule has 1 rings (SSSR count). The Bertz CT molecular complexity index is 241. The van der Waals surface area contributed by atoms with E-state index in [1.54, 1.807) is 19.0 Å². The minimum absolute atomic E-state index is 0. The molecule has 0 N–H and O–H groups in total. The van der Waals surface area contributed by atoms with Gasteiger partial charge in [0.25, 0.3) is 5.91 Å². The molecule has 0 radical (unpaired) electrons. The minimum Gasteiger partial charge on any atom is -0.345 e. The molecule has 0 saturated carbocycles. The number of carbonyl (C=O) groups excluding carboxylic acids is 1. The Hall–Kier alpha value is -1.31. The van der Waals surface area contributed by atoms with Gasteiger partial charge in [-0.15, -0.1) is 0 Å². The highest BCUT2D eigenvalue weighted by molar-refractivity contribution is 5.93. The maximum Gasteiger partial charge on any atom is 0.253 e. The van der Waals surface area contributed by atoms with E-state index in [1.807, 2.05) is 30.3 Å². The van der Waals surface area contributed by atoms with Gasteiger partial charge in [0.1, 0.15) is 0 Å². The van der Waals surface area contributed by atoms with Crippen LogP contribution in [0.25, 0.3) is 0 Å². The van der Waals surface area contributed by atoms with E-state index in [4.69, 9.17) is 0 Å². The standard InChI is InChI=1S/C9H11NO.CH4/c1-10(2)9(11)8-6-4-3-5-7-8;/h3-7H,1-2H3;1H4. The maximum absolute atomic E-state index is 11.3. The van der Waals surface area contributed by atoms with Crippen LogP contribution in [0.2, 0.25) is 0 Å². The highest BCUT2D eigenvalue weighted by atomic mass is 16.2. The van der Waals surface area contributed by atoms with Gasteiger partial charge in [0.05, 0.1) is 0 Å². The van der Waals surface area contributed by atoms with Crippen LogP contribution in [0.15, 0.2) is 30.3 Å². The van der Waals surface area contributed by atoms with Crippen molar-refractivity contribution in [2.45, 2.75) is 7.43 Å². The van der Waals surface area contributed by atoms with Gasteiger partial charge >= 0.3 is 0 Å². The van der Waals surface area contributed by atoms with Crippen LogP contribution in [0.5, 0.6) is 0 Å². The summed E-state index contributed by atoms with van der Waals surface area (Å²) < 4.78 is 0. The highest BCUT2D eigenvalue weighted by Gasteiger charge is 2.04. The monoisotopic (exact) mass is 165 g/mol. The molecule has 0 saturated heterocycles. The molecule has 2 heteroatoms. The lowest BCUT2D eigenvalue weighted by molar-refractivity contribution is 0.0827. The van der Waals surface area contributed by atoms with Gasteiger partial charge in [0.15, 0.2) is 0 Å². The topological polar surface area (TPSA) is 20.3 Å². The van der Waals surface area contributed by atoms with Crippen LogP contribution in [0.1, 0.15) is 17.8 Å². The van der Waals surface area contributed by atoms with Crippen LogP contribution in [0, 0.1) is 0 Å². The van der Waals surface area contributed by atoms with E-state index in [9.17, 15) is 4.79 Å². The molecule has 1 aromatic rings. The summed E-state index contributed by atoms with van der Waals surface area (Å²) in [5.41, 5.74) is 0.734. The summed E-state index contributed by atoms with van der Waals surface area (Å²) in [4.78, 5) is 12.8. The van der Waals surface area contributed by atoms with Crippen molar-refractivity contribution in [2.75, 3.05) is 14.1 Å². The molecule has 0 aliphatic rings. The molecule has 2 nitrogen and oxygen atoms in total. The third-order valence-electron chi connectivity index (χ3n) is 1.43. The van der Waals surface area contributed by atoms with Gasteiger partial charge in [0, 0.05) is 19.7 Å². The van der Waals surface area contributed by atoms with Crippen LogP contribution < -0.4 is 0 Å². The molecule has 0 aliphatic heterocycles. The summed E-state index contributed by atoms with van der Waals surface area (Å²) in [7, 11) is 3.49. The van der Waals surface area contributed by atoms with E-state index in [2.05, 4.69) is 0 Å². The summed E-state index contributed by atoms with van der Waals surface area (Å²) in [6.45, 7) is 0. The van der Waals surface area contributed by atoms with Crippen molar-refractivity contribution in [3.63, 3.8) is 0 Å². The van der Waals surface area contributed by atoms with E-state index in [-0.39, 0.29) is 13.3 Å². The lowest BCUT2D eigenvalue weighted by Gasteiger charge is -2.08. The number of benzene rings is 1. The number of rotatable bonds is 1. The van der Waals surface area contributed by atoms with Crippen LogP contribution in [-0.2, 0) is 0 Å². The van der Waals surface area contributed by atoms with Gasteiger partial charge in [-0.05, 0) is 12.1 Å². The summed E-state index contributed by atoms with van der Waals surface area (Å²) in [5, 5.41) is 0. The Balaban J connectivity index is 0.00000121. The molecule has 0 fully saturated rings. The Morgan fingerprint density at radius 1 is 1.17 bits per heavy atom. The van der Waals surface area contributed by atoms with Gasteiger partial charge in [-0.1, -0.05) is 25.6 Å². The fraction of sp³-hybridized carbons (Fsp3) is 0.300. The number of carbonyl (C=O) groups is 1. The first-order chi connectivity index (χ1) is 5.22. The number of nitrogens with zero attached hydrogens (tertiary/aromatic N) is 1. The first kappa shape index (κ1) is 10.7. The van der Waals surface area contributed by atoms with Crippen molar-refractivity contribution < 1.29 is 4.79 Å². The fourth-order valence-corrected chi connectivity index (χ4v) is 0.839.